The van der Waals surface area contributed by atoms with E-state index in [0.717, 1.165) is 24.5 Å². The SMILES string of the molecule is C[C@@H](OC(=O)c1ccccc1S(C)(=O)=O)C(=O)Nc1cccc(C(F)(F)F)c1. The van der Waals surface area contributed by atoms with Crippen LogP contribution in [0, 0.1) is 0 Å². The van der Waals surface area contributed by atoms with Gasteiger partial charge in [0.05, 0.1) is 16.0 Å². The summed E-state index contributed by atoms with van der Waals surface area (Å²) in [4.78, 5) is 24.1. The van der Waals surface area contributed by atoms with Crippen molar-refractivity contribution in [2.75, 3.05) is 11.6 Å². The molecule has 0 saturated heterocycles. The van der Waals surface area contributed by atoms with Crippen molar-refractivity contribution in [2.24, 2.45) is 0 Å². The second kappa shape index (κ2) is 8.01. The minimum absolute atomic E-state index is 0.126. The summed E-state index contributed by atoms with van der Waals surface area (Å²) in [5.74, 6) is -1.92. The van der Waals surface area contributed by atoms with Crippen LogP contribution in [0.2, 0.25) is 0 Å². The molecule has 1 N–H and O–H groups in total. The van der Waals surface area contributed by atoms with E-state index in [0.29, 0.717) is 0 Å². The van der Waals surface area contributed by atoms with E-state index in [4.69, 9.17) is 4.74 Å². The Balaban J connectivity index is 2.13. The first kappa shape index (κ1) is 21.4. The molecule has 0 fully saturated rings. The molecule has 6 nitrogen and oxygen atoms in total. The molecule has 150 valence electrons. The summed E-state index contributed by atoms with van der Waals surface area (Å²) in [6.07, 6.45) is -5.04. The lowest BCUT2D eigenvalue weighted by atomic mass is 10.2. The predicted octanol–water partition coefficient (Wildman–Crippen LogP) is 3.29. The van der Waals surface area contributed by atoms with E-state index in [1.165, 1.54) is 37.3 Å². The highest BCUT2D eigenvalue weighted by Crippen LogP contribution is 2.30. The number of alkyl halides is 3. The van der Waals surface area contributed by atoms with Gasteiger partial charge in [-0.25, -0.2) is 13.2 Å². The fraction of sp³-hybridized carbons (Fsp3) is 0.222. The molecule has 0 spiro atoms. The number of ether oxygens (including phenoxy) is 1. The van der Waals surface area contributed by atoms with Crippen LogP contribution in [0.15, 0.2) is 53.4 Å². The molecule has 0 aromatic heterocycles. The van der Waals surface area contributed by atoms with E-state index in [-0.39, 0.29) is 16.1 Å². The monoisotopic (exact) mass is 415 g/mol. The zero-order valence-electron chi connectivity index (χ0n) is 14.8. The maximum absolute atomic E-state index is 12.7. The Morgan fingerprint density at radius 1 is 1.07 bits per heavy atom. The number of nitrogens with one attached hydrogen (secondary N) is 1. The second-order valence-corrected chi connectivity index (χ2v) is 7.87. The first-order valence-corrected chi connectivity index (χ1v) is 9.77. The summed E-state index contributed by atoms with van der Waals surface area (Å²) in [5.41, 5.74) is -1.32. The summed E-state index contributed by atoms with van der Waals surface area (Å²) in [5, 5.41) is 2.22. The molecule has 2 aromatic carbocycles. The molecule has 0 unspecified atom stereocenters. The van der Waals surface area contributed by atoms with Crippen molar-refractivity contribution in [1.82, 2.24) is 0 Å². The Morgan fingerprint density at radius 3 is 2.32 bits per heavy atom. The fourth-order valence-corrected chi connectivity index (χ4v) is 3.13. The number of carbonyl (C=O) groups excluding carboxylic acids is 2. The summed E-state index contributed by atoms with van der Waals surface area (Å²) in [7, 11) is -3.71. The van der Waals surface area contributed by atoms with Crippen molar-refractivity contribution in [2.45, 2.75) is 24.1 Å². The number of rotatable bonds is 5. The van der Waals surface area contributed by atoms with Gasteiger partial charge in [0.25, 0.3) is 5.91 Å². The molecule has 1 amide bonds. The van der Waals surface area contributed by atoms with Crippen LogP contribution in [0.4, 0.5) is 18.9 Å². The van der Waals surface area contributed by atoms with Crippen LogP contribution in [0.5, 0.6) is 0 Å². The van der Waals surface area contributed by atoms with E-state index in [9.17, 15) is 31.2 Å². The summed E-state index contributed by atoms with van der Waals surface area (Å²) in [6, 6.07) is 9.27. The lowest BCUT2D eigenvalue weighted by molar-refractivity contribution is -0.137. The predicted molar refractivity (Wildman–Crippen MR) is 94.5 cm³/mol. The highest BCUT2D eigenvalue weighted by atomic mass is 32.2. The van der Waals surface area contributed by atoms with E-state index in [1.54, 1.807) is 0 Å². The lowest BCUT2D eigenvalue weighted by Gasteiger charge is -2.15. The quantitative estimate of drug-likeness (QED) is 0.757. The van der Waals surface area contributed by atoms with E-state index in [2.05, 4.69) is 5.32 Å². The number of benzene rings is 2. The van der Waals surface area contributed by atoms with Crippen LogP contribution in [0.3, 0.4) is 0 Å². The number of halogens is 3. The number of esters is 1. The van der Waals surface area contributed by atoms with Crippen LogP contribution in [0.1, 0.15) is 22.8 Å². The van der Waals surface area contributed by atoms with Gasteiger partial charge in [0, 0.05) is 11.9 Å². The normalized spacial score (nSPS) is 12.9. The zero-order valence-corrected chi connectivity index (χ0v) is 15.6. The summed E-state index contributed by atoms with van der Waals surface area (Å²) < 4.78 is 66.7. The van der Waals surface area contributed by atoms with E-state index in [1.807, 2.05) is 0 Å². The Kier molecular flexibility index (Phi) is 6.13. The molecule has 10 heteroatoms. The zero-order chi connectivity index (χ0) is 21.1. The summed E-state index contributed by atoms with van der Waals surface area (Å²) >= 11 is 0. The number of amides is 1. The molecule has 0 bridgehead atoms. The molecule has 2 rings (SSSR count). The van der Waals surface area contributed by atoms with Gasteiger partial charge in [0.15, 0.2) is 15.9 Å². The van der Waals surface area contributed by atoms with Crippen LogP contribution in [-0.2, 0) is 25.5 Å². The molecular weight excluding hydrogens is 399 g/mol. The van der Waals surface area contributed by atoms with Gasteiger partial charge < -0.3 is 10.1 Å². The topological polar surface area (TPSA) is 89.5 Å². The highest BCUT2D eigenvalue weighted by molar-refractivity contribution is 7.90. The third-order valence-corrected chi connectivity index (χ3v) is 4.77. The number of carbonyl (C=O) groups is 2. The minimum Gasteiger partial charge on any atom is -0.449 e. The van der Waals surface area contributed by atoms with Crippen molar-refractivity contribution in [3.63, 3.8) is 0 Å². The van der Waals surface area contributed by atoms with Crippen molar-refractivity contribution >= 4 is 27.4 Å². The van der Waals surface area contributed by atoms with Crippen molar-refractivity contribution in [3.05, 3.63) is 59.7 Å². The molecular formula is C18H16F3NO5S. The van der Waals surface area contributed by atoms with Gasteiger partial charge in [0.2, 0.25) is 0 Å². The van der Waals surface area contributed by atoms with Gasteiger partial charge >= 0.3 is 12.1 Å². The molecule has 0 heterocycles. The van der Waals surface area contributed by atoms with E-state index >= 15 is 0 Å². The number of hydrogen-bond donors (Lipinski definition) is 1. The molecule has 2 aromatic rings. The number of anilines is 1. The Labute approximate surface area is 159 Å². The Morgan fingerprint density at radius 2 is 1.71 bits per heavy atom. The molecule has 0 aliphatic rings. The largest absolute Gasteiger partial charge is 0.449 e. The van der Waals surface area contributed by atoms with Gasteiger partial charge in [-0.15, -0.1) is 0 Å². The van der Waals surface area contributed by atoms with Crippen LogP contribution >= 0.6 is 0 Å². The maximum Gasteiger partial charge on any atom is 0.416 e. The average Bonchev–Trinajstić information content (AvgIpc) is 2.60. The van der Waals surface area contributed by atoms with Gasteiger partial charge in [-0.1, -0.05) is 18.2 Å². The van der Waals surface area contributed by atoms with Crippen molar-refractivity contribution in [3.8, 4) is 0 Å². The van der Waals surface area contributed by atoms with Gasteiger partial charge in [-0.2, -0.15) is 13.2 Å². The fourth-order valence-electron chi connectivity index (χ4n) is 2.25. The lowest BCUT2D eigenvalue weighted by Crippen LogP contribution is -2.30. The Bertz CT molecular complexity index is 1000. The first-order chi connectivity index (χ1) is 12.9. The summed E-state index contributed by atoms with van der Waals surface area (Å²) in [6.45, 7) is 1.21. The molecule has 1 atom stereocenters. The third-order valence-electron chi connectivity index (χ3n) is 3.62. The molecule has 0 aliphatic heterocycles. The third kappa shape index (κ3) is 5.32. The molecule has 28 heavy (non-hydrogen) atoms. The van der Waals surface area contributed by atoms with Crippen LogP contribution < -0.4 is 5.32 Å². The van der Waals surface area contributed by atoms with Crippen molar-refractivity contribution < 1.29 is 35.9 Å². The van der Waals surface area contributed by atoms with Gasteiger partial charge in [-0.05, 0) is 37.3 Å². The van der Waals surface area contributed by atoms with Crippen LogP contribution in [-0.4, -0.2) is 32.7 Å². The minimum atomic E-state index is -4.58. The highest BCUT2D eigenvalue weighted by Gasteiger charge is 2.31. The van der Waals surface area contributed by atoms with Crippen LogP contribution in [0.25, 0.3) is 0 Å². The van der Waals surface area contributed by atoms with E-state index < -0.39 is 39.6 Å². The van der Waals surface area contributed by atoms with Gasteiger partial charge in [-0.3, -0.25) is 4.79 Å². The smallest absolute Gasteiger partial charge is 0.416 e. The Hall–Kier alpha value is -2.88. The molecule has 0 radical (unpaired) electrons. The maximum atomic E-state index is 12.7. The standard InChI is InChI=1S/C18H16F3NO5S/c1-11(16(23)22-13-7-5-6-12(10-13)18(19,20)21)27-17(24)14-8-3-4-9-15(14)28(2,25)26/h3-11H,1-2H3,(H,22,23)/t11-/m1/s1. The molecule has 0 saturated carbocycles. The van der Waals surface area contributed by atoms with Gasteiger partial charge in [0.1, 0.15) is 0 Å². The second-order valence-electron chi connectivity index (χ2n) is 5.88. The number of sulfone groups is 1. The number of hydrogen-bond acceptors (Lipinski definition) is 5. The average molecular weight is 415 g/mol. The van der Waals surface area contributed by atoms with Crippen molar-refractivity contribution in [1.29, 1.82) is 0 Å². The first-order valence-electron chi connectivity index (χ1n) is 7.88. The molecule has 0 aliphatic carbocycles.